The SMILES string of the molecule is C=CC(=O)N1CCc2nn(-c3ccc(C4CC4)cc3O)c3c2[C@H](C1)N(C(=O)c1cnc(SC)c(F)c1N)CC3. The fourth-order valence-corrected chi connectivity index (χ4v) is 6.15. The molecular weight excluding hydrogens is 519 g/mol. The normalized spacial score (nSPS) is 18.5. The quantitative estimate of drug-likeness (QED) is 0.370. The number of phenolic OH excluding ortho intramolecular Hbond substituents is 1. The lowest BCUT2D eigenvalue weighted by Gasteiger charge is -2.38. The Morgan fingerprint density at radius 3 is 2.74 bits per heavy atom. The largest absolute Gasteiger partial charge is 0.506 e. The van der Waals surface area contributed by atoms with Crippen molar-refractivity contribution in [3.8, 4) is 11.4 Å². The number of hydrogen-bond acceptors (Lipinski definition) is 7. The molecule has 0 saturated heterocycles. The van der Waals surface area contributed by atoms with Crippen LogP contribution in [0.1, 0.15) is 57.7 Å². The third-order valence-corrected chi connectivity index (χ3v) is 8.55. The van der Waals surface area contributed by atoms with Gasteiger partial charge in [0.15, 0.2) is 5.82 Å². The fourth-order valence-electron chi connectivity index (χ4n) is 5.71. The van der Waals surface area contributed by atoms with Gasteiger partial charge in [0.1, 0.15) is 16.5 Å². The van der Waals surface area contributed by atoms with Gasteiger partial charge in [-0.05, 0) is 48.8 Å². The summed E-state index contributed by atoms with van der Waals surface area (Å²) in [6.45, 7) is 4.55. The maximum absolute atomic E-state index is 14.8. The van der Waals surface area contributed by atoms with Crippen molar-refractivity contribution in [2.45, 2.75) is 42.7 Å². The molecule has 1 atom stereocenters. The molecule has 0 unspecified atom stereocenters. The highest BCUT2D eigenvalue weighted by Gasteiger charge is 2.41. The molecular formula is C28H29FN6O3S. The van der Waals surface area contributed by atoms with Crippen LogP contribution in [0, 0.1) is 5.82 Å². The first-order valence-corrected chi connectivity index (χ1v) is 14.2. The molecule has 1 aliphatic carbocycles. The van der Waals surface area contributed by atoms with E-state index < -0.39 is 17.8 Å². The molecule has 2 aromatic heterocycles. The number of pyridine rings is 1. The molecule has 1 fully saturated rings. The minimum absolute atomic E-state index is 0.0122. The van der Waals surface area contributed by atoms with Crippen LogP contribution in [0.15, 0.2) is 42.1 Å². The van der Waals surface area contributed by atoms with Crippen LogP contribution in [0.25, 0.3) is 5.69 Å². The molecule has 4 heterocycles. The molecule has 3 N–H and O–H groups in total. The van der Waals surface area contributed by atoms with Gasteiger partial charge in [-0.2, -0.15) is 5.10 Å². The molecule has 0 spiro atoms. The van der Waals surface area contributed by atoms with Crippen LogP contribution in [0.2, 0.25) is 0 Å². The maximum Gasteiger partial charge on any atom is 0.258 e. The van der Waals surface area contributed by atoms with Gasteiger partial charge in [0.2, 0.25) is 5.91 Å². The van der Waals surface area contributed by atoms with Crippen molar-refractivity contribution in [1.29, 1.82) is 0 Å². The van der Waals surface area contributed by atoms with Crippen molar-refractivity contribution in [3.05, 3.63) is 70.9 Å². The van der Waals surface area contributed by atoms with Crippen molar-refractivity contribution in [2.75, 3.05) is 31.6 Å². The van der Waals surface area contributed by atoms with Crippen molar-refractivity contribution < 1.29 is 19.1 Å². The van der Waals surface area contributed by atoms with E-state index in [1.54, 1.807) is 20.7 Å². The highest BCUT2D eigenvalue weighted by molar-refractivity contribution is 7.98. The second-order valence-corrected chi connectivity index (χ2v) is 10.9. The molecule has 2 amide bonds. The summed E-state index contributed by atoms with van der Waals surface area (Å²) >= 11 is 1.11. The Hall–Kier alpha value is -3.86. The average molecular weight is 549 g/mol. The number of halogens is 1. The number of rotatable bonds is 5. The summed E-state index contributed by atoms with van der Waals surface area (Å²) in [5.41, 5.74) is 10.0. The van der Waals surface area contributed by atoms with Crippen LogP contribution < -0.4 is 5.73 Å². The Kier molecular flexibility index (Phi) is 6.33. The summed E-state index contributed by atoms with van der Waals surface area (Å²) in [7, 11) is 0. The minimum Gasteiger partial charge on any atom is -0.506 e. The fraction of sp³-hybridized carbons (Fsp3) is 0.357. The maximum atomic E-state index is 14.8. The van der Waals surface area contributed by atoms with Crippen molar-refractivity contribution in [3.63, 3.8) is 0 Å². The van der Waals surface area contributed by atoms with Crippen molar-refractivity contribution in [2.24, 2.45) is 0 Å². The number of nitrogens with two attached hydrogens (primary N) is 1. The first-order chi connectivity index (χ1) is 18.8. The van der Waals surface area contributed by atoms with E-state index in [4.69, 9.17) is 10.8 Å². The predicted molar refractivity (Wildman–Crippen MR) is 146 cm³/mol. The predicted octanol–water partition coefficient (Wildman–Crippen LogP) is 3.60. The van der Waals surface area contributed by atoms with Crippen LogP contribution >= 0.6 is 11.8 Å². The molecule has 11 heteroatoms. The Morgan fingerprint density at radius 1 is 1.26 bits per heavy atom. The van der Waals surface area contributed by atoms with Gasteiger partial charge in [0, 0.05) is 44.2 Å². The second kappa shape index (κ2) is 9.71. The van der Waals surface area contributed by atoms with E-state index in [9.17, 15) is 19.1 Å². The highest BCUT2D eigenvalue weighted by atomic mass is 32.2. The summed E-state index contributed by atoms with van der Waals surface area (Å²) in [5.74, 6) is -0.737. The Labute approximate surface area is 229 Å². The lowest BCUT2D eigenvalue weighted by atomic mass is 9.94. The van der Waals surface area contributed by atoms with Crippen LogP contribution in [-0.4, -0.2) is 67.4 Å². The molecule has 202 valence electrons. The Morgan fingerprint density at radius 2 is 2.05 bits per heavy atom. The number of aromatic hydroxyl groups is 1. The molecule has 3 aliphatic rings. The number of hydrogen-bond donors (Lipinski definition) is 2. The zero-order chi connectivity index (χ0) is 27.4. The molecule has 1 aromatic carbocycles. The molecule has 39 heavy (non-hydrogen) atoms. The number of nitrogens with zero attached hydrogens (tertiary/aromatic N) is 5. The van der Waals surface area contributed by atoms with Gasteiger partial charge in [0.25, 0.3) is 5.91 Å². The summed E-state index contributed by atoms with van der Waals surface area (Å²) in [6.07, 6.45) is 7.47. The lowest BCUT2D eigenvalue weighted by molar-refractivity contribution is -0.126. The Bertz CT molecular complexity index is 1520. The number of nitrogen functional groups attached to an aromatic ring is 1. The number of thioether (sulfide) groups is 1. The van der Waals surface area contributed by atoms with Gasteiger partial charge in [-0.1, -0.05) is 12.6 Å². The van der Waals surface area contributed by atoms with Gasteiger partial charge < -0.3 is 20.6 Å². The van der Waals surface area contributed by atoms with E-state index in [0.717, 1.165) is 47.1 Å². The minimum atomic E-state index is -0.714. The van der Waals surface area contributed by atoms with E-state index in [1.807, 2.05) is 18.2 Å². The number of aromatic nitrogens is 3. The highest BCUT2D eigenvalue weighted by Crippen LogP contribution is 2.43. The van der Waals surface area contributed by atoms with Gasteiger partial charge in [-0.25, -0.2) is 14.1 Å². The van der Waals surface area contributed by atoms with Crippen molar-refractivity contribution >= 4 is 29.3 Å². The molecule has 3 aromatic rings. The second-order valence-electron chi connectivity index (χ2n) is 10.2. The Balaban J connectivity index is 1.43. The number of carbonyl (C=O) groups excluding carboxylic acids is 2. The molecule has 0 radical (unpaired) electrons. The van der Waals surface area contributed by atoms with E-state index in [2.05, 4.69) is 11.6 Å². The number of amides is 2. The molecule has 0 bridgehead atoms. The van der Waals surface area contributed by atoms with E-state index >= 15 is 0 Å². The monoisotopic (exact) mass is 548 g/mol. The van der Waals surface area contributed by atoms with Gasteiger partial charge in [0.05, 0.1) is 28.7 Å². The zero-order valence-electron chi connectivity index (χ0n) is 21.6. The number of carbonyl (C=O) groups is 2. The van der Waals surface area contributed by atoms with Crippen LogP contribution in [0.4, 0.5) is 10.1 Å². The van der Waals surface area contributed by atoms with Gasteiger partial charge in [-0.15, -0.1) is 11.8 Å². The first-order valence-electron chi connectivity index (χ1n) is 13.0. The summed E-state index contributed by atoms with van der Waals surface area (Å²) in [5, 5.41) is 15.9. The molecule has 6 rings (SSSR count). The molecule has 1 saturated carbocycles. The van der Waals surface area contributed by atoms with E-state index in [0.29, 0.717) is 37.5 Å². The summed E-state index contributed by atoms with van der Waals surface area (Å²) in [6, 6.07) is 5.21. The topological polar surface area (TPSA) is 118 Å². The summed E-state index contributed by atoms with van der Waals surface area (Å²) in [4.78, 5) is 33.9. The van der Waals surface area contributed by atoms with Crippen LogP contribution in [0.3, 0.4) is 0 Å². The smallest absolute Gasteiger partial charge is 0.258 e. The number of phenols is 1. The number of benzene rings is 1. The van der Waals surface area contributed by atoms with E-state index in [1.165, 1.54) is 12.3 Å². The number of anilines is 1. The average Bonchev–Trinajstić information content (AvgIpc) is 3.75. The van der Waals surface area contributed by atoms with E-state index in [-0.39, 0.29) is 34.5 Å². The molecule has 2 aliphatic heterocycles. The van der Waals surface area contributed by atoms with Gasteiger partial charge >= 0.3 is 0 Å². The third kappa shape index (κ3) is 4.25. The molecule has 9 nitrogen and oxygen atoms in total. The van der Waals surface area contributed by atoms with Crippen LogP contribution in [0.5, 0.6) is 5.75 Å². The van der Waals surface area contributed by atoms with Crippen molar-refractivity contribution in [1.82, 2.24) is 24.6 Å². The van der Waals surface area contributed by atoms with Gasteiger partial charge in [-0.3, -0.25) is 9.59 Å². The van der Waals surface area contributed by atoms with Crippen LogP contribution in [-0.2, 0) is 17.6 Å². The third-order valence-electron chi connectivity index (χ3n) is 7.88. The standard InChI is InChI=1S/C28H29FN6O3S/c1-3-23(37)33-10-8-18-24-20(35(32-18)19-7-6-16(12-22(19)36)15-4-5-15)9-11-34(21(24)14-33)28(38)17-13-31-27(39-2)25(29)26(17)30/h3,6-7,12-13,15,21,36H,1,4-5,8-11,14H2,2H3,(H2,30,31)/t21-/m0/s1. The summed E-state index contributed by atoms with van der Waals surface area (Å²) < 4.78 is 16.6. The lowest BCUT2D eigenvalue weighted by Crippen LogP contribution is -2.46. The zero-order valence-corrected chi connectivity index (χ0v) is 22.4. The first kappa shape index (κ1) is 25.4.